The first-order chi connectivity index (χ1) is 15.2. The molecular formula is C24H25ClN2O4S. The summed E-state index contributed by atoms with van der Waals surface area (Å²) in [5.41, 5.74) is 2.87. The van der Waals surface area contributed by atoms with Crippen LogP contribution in [0.25, 0.3) is 0 Å². The Balaban J connectivity index is 1.50. The molecule has 0 aliphatic rings. The van der Waals surface area contributed by atoms with Crippen LogP contribution < -0.4 is 14.8 Å². The lowest BCUT2D eigenvalue weighted by molar-refractivity contribution is -0.116. The molecule has 6 nitrogen and oxygen atoms in total. The van der Waals surface area contributed by atoms with E-state index in [1.54, 1.807) is 42.5 Å². The number of ether oxygens (including phenoxy) is 1. The number of hydrogen-bond donors (Lipinski definition) is 2. The summed E-state index contributed by atoms with van der Waals surface area (Å²) in [5.74, 6) is 0.523. The summed E-state index contributed by atoms with van der Waals surface area (Å²) in [5, 5.41) is 3.40. The number of carbonyl (C=O) groups excluding carboxylic acids is 1. The van der Waals surface area contributed by atoms with Crippen molar-refractivity contribution < 1.29 is 17.9 Å². The molecule has 0 fully saturated rings. The van der Waals surface area contributed by atoms with Crippen LogP contribution >= 0.6 is 11.6 Å². The van der Waals surface area contributed by atoms with E-state index in [1.807, 2.05) is 26.0 Å². The number of rotatable bonds is 9. The van der Waals surface area contributed by atoms with Crippen molar-refractivity contribution in [3.8, 4) is 5.75 Å². The van der Waals surface area contributed by atoms with E-state index in [4.69, 9.17) is 16.3 Å². The SMILES string of the molecule is Cc1ccc(C)c(NS(=O)(=O)c2ccc(NC(=O)CCCOc3ccc(Cl)cc3)cc2)c1. The molecular weight excluding hydrogens is 448 g/mol. The molecule has 1 amide bonds. The Labute approximate surface area is 193 Å². The van der Waals surface area contributed by atoms with E-state index in [-0.39, 0.29) is 17.2 Å². The van der Waals surface area contributed by atoms with Crippen molar-refractivity contribution in [1.29, 1.82) is 0 Å². The molecule has 0 unspecified atom stereocenters. The molecule has 3 aromatic carbocycles. The fourth-order valence-corrected chi connectivity index (χ4v) is 4.19. The van der Waals surface area contributed by atoms with E-state index in [2.05, 4.69) is 10.0 Å². The molecule has 3 aromatic rings. The smallest absolute Gasteiger partial charge is 0.261 e. The van der Waals surface area contributed by atoms with Gasteiger partial charge < -0.3 is 10.1 Å². The van der Waals surface area contributed by atoms with Gasteiger partial charge in [0.1, 0.15) is 5.75 Å². The summed E-state index contributed by atoms with van der Waals surface area (Å²) in [6, 6.07) is 18.7. The quantitative estimate of drug-likeness (QED) is 0.399. The summed E-state index contributed by atoms with van der Waals surface area (Å²) in [4.78, 5) is 12.3. The van der Waals surface area contributed by atoms with Crippen molar-refractivity contribution in [3.05, 3.63) is 82.9 Å². The lowest BCUT2D eigenvalue weighted by Crippen LogP contribution is -2.15. The van der Waals surface area contributed by atoms with Crippen LogP contribution in [0, 0.1) is 13.8 Å². The van der Waals surface area contributed by atoms with Gasteiger partial charge in [-0.25, -0.2) is 8.42 Å². The fraction of sp³-hybridized carbons (Fsp3) is 0.208. The predicted molar refractivity (Wildman–Crippen MR) is 128 cm³/mol. The van der Waals surface area contributed by atoms with Crippen LogP contribution in [0.4, 0.5) is 11.4 Å². The molecule has 0 bridgehead atoms. The van der Waals surface area contributed by atoms with Crippen molar-refractivity contribution >= 4 is 38.9 Å². The van der Waals surface area contributed by atoms with Crippen LogP contribution in [-0.4, -0.2) is 20.9 Å². The number of anilines is 2. The van der Waals surface area contributed by atoms with E-state index in [0.29, 0.717) is 35.2 Å². The molecule has 0 aliphatic carbocycles. The first-order valence-electron chi connectivity index (χ1n) is 10.1. The number of sulfonamides is 1. The molecule has 168 valence electrons. The minimum Gasteiger partial charge on any atom is -0.494 e. The monoisotopic (exact) mass is 472 g/mol. The third-order valence-corrected chi connectivity index (χ3v) is 6.35. The third-order valence-electron chi connectivity index (χ3n) is 4.72. The van der Waals surface area contributed by atoms with Crippen molar-refractivity contribution in [2.75, 3.05) is 16.6 Å². The van der Waals surface area contributed by atoms with Gasteiger partial charge in [-0.1, -0.05) is 23.7 Å². The standard InChI is InChI=1S/C24H25ClN2O4S/c1-17-5-6-18(2)23(16-17)27-32(29,30)22-13-9-20(10-14-22)26-24(28)4-3-15-31-21-11-7-19(25)8-12-21/h5-14,16,27H,3-4,15H2,1-2H3,(H,26,28). The molecule has 0 aliphatic heterocycles. The summed E-state index contributed by atoms with van der Waals surface area (Å²) in [7, 11) is -3.73. The Morgan fingerprint density at radius 2 is 1.66 bits per heavy atom. The van der Waals surface area contributed by atoms with E-state index < -0.39 is 10.0 Å². The van der Waals surface area contributed by atoms with Gasteiger partial charge in [-0.2, -0.15) is 0 Å². The lowest BCUT2D eigenvalue weighted by atomic mass is 10.1. The van der Waals surface area contributed by atoms with Crippen molar-refractivity contribution in [1.82, 2.24) is 0 Å². The highest BCUT2D eigenvalue weighted by Gasteiger charge is 2.15. The summed E-state index contributed by atoms with van der Waals surface area (Å²) >= 11 is 5.83. The topological polar surface area (TPSA) is 84.5 Å². The molecule has 3 rings (SSSR count). The molecule has 8 heteroatoms. The zero-order chi connectivity index (χ0) is 23.1. The number of aryl methyl sites for hydroxylation is 2. The van der Waals surface area contributed by atoms with Crippen molar-refractivity contribution in [3.63, 3.8) is 0 Å². The number of amides is 1. The Kier molecular flexibility index (Phi) is 7.77. The fourth-order valence-electron chi connectivity index (χ4n) is 2.94. The van der Waals surface area contributed by atoms with Gasteiger partial charge in [0, 0.05) is 17.1 Å². The van der Waals surface area contributed by atoms with Crippen LogP contribution in [0.5, 0.6) is 5.75 Å². The molecule has 32 heavy (non-hydrogen) atoms. The Morgan fingerprint density at radius 1 is 0.969 bits per heavy atom. The highest BCUT2D eigenvalue weighted by molar-refractivity contribution is 7.92. The second-order valence-electron chi connectivity index (χ2n) is 7.40. The molecule has 0 saturated heterocycles. The molecule has 0 atom stereocenters. The van der Waals surface area contributed by atoms with Crippen molar-refractivity contribution in [2.45, 2.75) is 31.6 Å². The van der Waals surface area contributed by atoms with E-state index >= 15 is 0 Å². The largest absolute Gasteiger partial charge is 0.494 e. The molecule has 0 radical (unpaired) electrons. The number of carbonyl (C=O) groups is 1. The molecule has 2 N–H and O–H groups in total. The highest BCUT2D eigenvalue weighted by atomic mass is 35.5. The Bertz CT molecular complexity index is 1180. The lowest BCUT2D eigenvalue weighted by Gasteiger charge is -2.12. The molecule has 0 saturated carbocycles. The Hall–Kier alpha value is -3.03. The number of halogens is 1. The van der Waals surface area contributed by atoms with Crippen LogP contribution in [0.1, 0.15) is 24.0 Å². The average Bonchev–Trinajstić information content (AvgIpc) is 2.75. The van der Waals surface area contributed by atoms with Gasteiger partial charge in [0.05, 0.1) is 17.2 Å². The van der Waals surface area contributed by atoms with Crippen LogP contribution in [0.2, 0.25) is 5.02 Å². The van der Waals surface area contributed by atoms with Crippen molar-refractivity contribution in [2.24, 2.45) is 0 Å². The van der Waals surface area contributed by atoms with Gasteiger partial charge in [-0.3, -0.25) is 9.52 Å². The first kappa shape index (κ1) is 23.6. The predicted octanol–water partition coefficient (Wildman–Crippen LogP) is 5.56. The van der Waals surface area contributed by atoms with Gasteiger partial charge in [-0.05, 0) is 86.0 Å². The summed E-state index contributed by atoms with van der Waals surface area (Å²) in [6.07, 6.45) is 0.822. The zero-order valence-corrected chi connectivity index (χ0v) is 19.5. The highest BCUT2D eigenvalue weighted by Crippen LogP contribution is 2.22. The van der Waals surface area contributed by atoms with Crippen LogP contribution in [0.15, 0.2) is 71.6 Å². The number of hydrogen-bond acceptors (Lipinski definition) is 4. The van der Waals surface area contributed by atoms with E-state index in [1.165, 1.54) is 12.1 Å². The molecule has 0 heterocycles. The van der Waals surface area contributed by atoms with Gasteiger partial charge in [0.2, 0.25) is 5.91 Å². The van der Waals surface area contributed by atoms with E-state index in [0.717, 1.165) is 11.1 Å². The molecule has 0 aromatic heterocycles. The maximum absolute atomic E-state index is 12.7. The molecule has 0 spiro atoms. The van der Waals surface area contributed by atoms with Gasteiger partial charge in [0.15, 0.2) is 0 Å². The number of nitrogens with one attached hydrogen (secondary N) is 2. The van der Waals surface area contributed by atoms with Gasteiger partial charge in [-0.15, -0.1) is 0 Å². The zero-order valence-electron chi connectivity index (χ0n) is 17.9. The van der Waals surface area contributed by atoms with Crippen LogP contribution in [0.3, 0.4) is 0 Å². The maximum atomic E-state index is 12.7. The first-order valence-corrected chi connectivity index (χ1v) is 12.0. The normalized spacial score (nSPS) is 11.1. The van der Waals surface area contributed by atoms with E-state index in [9.17, 15) is 13.2 Å². The minimum absolute atomic E-state index is 0.118. The number of benzene rings is 3. The second-order valence-corrected chi connectivity index (χ2v) is 9.52. The third kappa shape index (κ3) is 6.73. The van der Waals surface area contributed by atoms with Gasteiger partial charge >= 0.3 is 0 Å². The van der Waals surface area contributed by atoms with Crippen LogP contribution in [-0.2, 0) is 14.8 Å². The minimum atomic E-state index is -3.73. The summed E-state index contributed by atoms with van der Waals surface area (Å²) < 4.78 is 33.6. The second kappa shape index (κ2) is 10.5. The maximum Gasteiger partial charge on any atom is 0.261 e. The Morgan fingerprint density at radius 3 is 2.34 bits per heavy atom. The van der Waals surface area contributed by atoms with Gasteiger partial charge in [0.25, 0.3) is 10.0 Å². The summed E-state index contributed by atoms with van der Waals surface area (Å²) in [6.45, 7) is 4.14. The average molecular weight is 473 g/mol.